The van der Waals surface area contributed by atoms with Gasteiger partial charge in [0, 0.05) is 31.2 Å². The third-order valence-corrected chi connectivity index (χ3v) is 4.53. The van der Waals surface area contributed by atoms with Crippen LogP contribution in [0.3, 0.4) is 0 Å². The van der Waals surface area contributed by atoms with E-state index < -0.39 is 0 Å². The van der Waals surface area contributed by atoms with Gasteiger partial charge in [-0.2, -0.15) is 0 Å². The summed E-state index contributed by atoms with van der Waals surface area (Å²) in [6.07, 6.45) is 4.35. The topological polar surface area (TPSA) is 40.5 Å². The quantitative estimate of drug-likeness (QED) is 0.697. The molecule has 1 aliphatic rings. The third-order valence-electron chi connectivity index (χ3n) is 4.53. The standard InChI is InChI=1S/C19H26N4/c1-3-20-19(23-12-9-15(2)10-13-23)22-14-17-7-4-6-16-8-5-11-21-18(16)17/h4-8,11,15H,3,9-10,12-14H2,1-2H3,(H,20,22). The zero-order valence-corrected chi connectivity index (χ0v) is 14.1. The molecule has 2 heterocycles. The number of para-hydroxylation sites is 1. The van der Waals surface area contributed by atoms with Crippen molar-refractivity contribution in [1.82, 2.24) is 15.2 Å². The molecular formula is C19H26N4. The molecule has 1 fully saturated rings. The first-order chi connectivity index (χ1) is 11.3. The number of nitrogens with one attached hydrogen (secondary N) is 1. The van der Waals surface area contributed by atoms with Crippen molar-refractivity contribution >= 4 is 16.9 Å². The first-order valence-electron chi connectivity index (χ1n) is 8.64. The zero-order chi connectivity index (χ0) is 16.1. The minimum atomic E-state index is 0.669. The molecule has 1 aliphatic heterocycles. The van der Waals surface area contributed by atoms with Gasteiger partial charge in [-0.15, -0.1) is 0 Å². The summed E-state index contributed by atoms with van der Waals surface area (Å²) in [5.74, 6) is 1.86. The lowest BCUT2D eigenvalue weighted by Crippen LogP contribution is -2.45. The number of piperidine rings is 1. The Morgan fingerprint density at radius 1 is 1.26 bits per heavy atom. The third kappa shape index (κ3) is 3.81. The number of aliphatic imine (C=N–C) groups is 1. The second-order valence-electron chi connectivity index (χ2n) is 6.33. The fourth-order valence-electron chi connectivity index (χ4n) is 3.10. The van der Waals surface area contributed by atoms with Crippen LogP contribution in [0.4, 0.5) is 0 Å². The van der Waals surface area contributed by atoms with Crippen molar-refractivity contribution in [2.45, 2.75) is 33.2 Å². The lowest BCUT2D eigenvalue weighted by atomic mass is 9.99. The molecule has 1 N–H and O–H groups in total. The summed E-state index contributed by atoms with van der Waals surface area (Å²) < 4.78 is 0. The van der Waals surface area contributed by atoms with Crippen LogP contribution < -0.4 is 5.32 Å². The highest BCUT2D eigenvalue weighted by Crippen LogP contribution is 2.18. The van der Waals surface area contributed by atoms with Crippen LogP contribution in [0.1, 0.15) is 32.3 Å². The molecule has 0 amide bonds. The summed E-state index contributed by atoms with van der Waals surface area (Å²) >= 11 is 0. The number of guanidine groups is 1. The predicted octanol–water partition coefficient (Wildman–Crippen LogP) is 3.43. The van der Waals surface area contributed by atoms with Gasteiger partial charge in [0.15, 0.2) is 5.96 Å². The number of fused-ring (bicyclic) bond motifs is 1. The number of likely N-dealkylation sites (tertiary alicyclic amines) is 1. The molecule has 3 rings (SSSR count). The Balaban J connectivity index is 1.79. The van der Waals surface area contributed by atoms with Crippen molar-refractivity contribution in [3.05, 3.63) is 42.1 Å². The Morgan fingerprint density at radius 3 is 2.83 bits per heavy atom. The normalized spacial score (nSPS) is 16.8. The van der Waals surface area contributed by atoms with E-state index in [1.54, 1.807) is 0 Å². The molecule has 23 heavy (non-hydrogen) atoms. The predicted molar refractivity (Wildman–Crippen MR) is 96.5 cm³/mol. The fraction of sp³-hybridized carbons (Fsp3) is 0.474. The monoisotopic (exact) mass is 310 g/mol. The van der Waals surface area contributed by atoms with E-state index in [-0.39, 0.29) is 0 Å². The molecule has 0 spiro atoms. The highest BCUT2D eigenvalue weighted by molar-refractivity contribution is 5.83. The highest BCUT2D eigenvalue weighted by Gasteiger charge is 2.18. The Kier molecular flexibility index (Phi) is 5.11. The SMILES string of the molecule is CCNC(=NCc1cccc2cccnc12)N1CCC(C)CC1. The summed E-state index contributed by atoms with van der Waals surface area (Å²) in [6, 6.07) is 10.4. The van der Waals surface area contributed by atoms with Gasteiger partial charge in [-0.3, -0.25) is 4.98 Å². The first-order valence-corrected chi connectivity index (χ1v) is 8.64. The molecule has 4 heteroatoms. The summed E-state index contributed by atoms with van der Waals surface area (Å²) in [5, 5.41) is 4.62. The van der Waals surface area contributed by atoms with Gasteiger partial charge >= 0.3 is 0 Å². The van der Waals surface area contributed by atoms with Crippen LogP contribution in [0.15, 0.2) is 41.5 Å². The average Bonchev–Trinajstić information content (AvgIpc) is 2.59. The molecule has 0 bridgehead atoms. The number of benzene rings is 1. The number of nitrogens with zero attached hydrogens (tertiary/aromatic N) is 3. The number of aromatic nitrogens is 1. The van der Waals surface area contributed by atoms with Crippen molar-refractivity contribution in [3.63, 3.8) is 0 Å². The second-order valence-corrected chi connectivity index (χ2v) is 6.33. The fourth-order valence-corrected chi connectivity index (χ4v) is 3.10. The van der Waals surface area contributed by atoms with Gasteiger partial charge in [0.05, 0.1) is 12.1 Å². The molecule has 1 saturated heterocycles. The van der Waals surface area contributed by atoms with E-state index in [1.165, 1.54) is 23.8 Å². The first kappa shape index (κ1) is 15.8. The van der Waals surface area contributed by atoms with E-state index in [0.29, 0.717) is 6.54 Å². The zero-order valence-electron chi connectivity index (χ0n) is 14.1. The highest BCUT2D eigenvalue weighted by atomic mass is 15.3. The maximum absolute atomic E-state index is 4.87. The lowest BCUT2D eigenvalue weighted by molar-refractivity contribution is 0.273. The Morgan fingerprint density at radius 2 is 2.04 bits per heavy atom. The summed E-state index contributed by atoms with van der Waals surface area (Å²) in [6.45, 7) is 8.23. The second kappa shape index (κ2) is 7.44. The molecular weight excluding hydrogens is 284 g/mol. The Labute approximate surface area is 138 Å². The minimum absolute atomic E-state index is 0.669. The minimum Gasteiger partial charge on any atom is -0.357 e. The molecule has 1 aromatic heterocycles. The molecule has 122 valence electrons. The van der Waals surface area contributed by atoms with Gasteiger partial charge in [-0.1, -0.05) is 31.2 Å². The Bertz CT molecular complexity index is 667. The van der Waals surface area contributed by atoms with Crippen molar-refractivity contribution in [1.29, 1.82) is 0 Å². The van der Waals surface area contributed by atoms with Gasteiger partial charge in [-0.05, 0) is 37.3 Å². The molecule has 0 atom stereocenters. The van der Waals surface area contributed by atoms with E-state index in [9.17, 15) is 0 Å². The van der Waals surface area contributed by atoms with E-state index in [4.69, 9.17) is 4.99 Å². The lowest BCUT2D eigenvalue weighted by Gasteiger charge is -2.33. The van der Waals surface area contributed by atoms with Crippen LogP contribution >= 0.6 is 0 Å². The van der Waals surface area contributed by atoms with Gasteiger partial charge in [0.25, 0.3) is 0 Å². The van der Waals surface area contributed by atoms with Gasteiger partial charge in [0.2, 0.25) is 0 Å². The largest absolute Gasteiger partial charge is 0.357 e. The van der Waals surface area contributed by atoms with Gasteiger partial charge in [0.1, 0.15) is 0 Å². The summed E-state index contributed by atoms with van der Waals surface area (Å²) in [4.78, 5) is 11.8. The number of pyridine rings is 1. The Hall–Kier alpha value is -2.10. The maximum Gasteiger partial charge on any atom is 0.194 e. The number of hydrogen-bond donors (Lipinski definition) is 1. The molecule has 0 radical (unpaired) electrons. The van der Waals surface area contributed by atoms with Crippen molar-refractivity contribution < 1.29 is 0 Å². The van der Waals surface area contributed by atoms with Crippen molar-refractivity contribution in [2.75, 3.05) is 19.6 Å². The summed E-state index contributed by atoms with van der Waals surface area (Å²) in [5.41, 5.74) is 2.24. The number of hydrogen-bond acceptors (Lipinski definition) is 2. The van der Waals surface area contributed by atoms with Gasteiger partial charge in [-0.25, -0.2) is 4.99 Å². The van der Waals surface area contributed by atoms with E-state index in [1.807, 2.05) is 12.3 Å². The molecule has 4 nitrogen and oxygen atoms in total. The van der Waals surface area contributed by atoms with Crippen molar-refractivity contribution in [3.8, 4) is 0 Å². The molecule has 1 aromatic carbocycles. The van der Waals surface area contributed by atoms with Crippen LogP contribution in [0, 0.1) is 5.92 Å². The molecule has 2 aromatic rings. The van der Waals surface area contributed by atoms with E-state index >= 15 is 0 Å². The van der Waals surface area contributed by atoms with Crippen molar-refractivity contribution in [2.24, 2.45) is 10.9 Å². The summed E-state index contributed by atoms with van der Waals surface area (Å²) in [7, 11) is 0. The molecule has 0 aliphatic carbocycles. The van der Waals surface area contributed by atoms with E-state index in [2.05, 4.69) is 53.3 Å². The maximum atomic E-state index is 4.87. The van der Waals surface area contributed by atoms with Gasteiger partial charge < -0.3 is 10.2 Å². The van der Waals surface area contributed by atoms with Crippen LogP contribution in [-0.4, -0.2) is 35.5 Å². The number of rotatable bonds is 3. The average molecular weight is 310 g/mol. The van der Waals surface area contributed by atoms with Crippen LogP contribution in [0.5, 0.6) is 0 Å². The molecule has 0 saturated carbocycles. The van der Waals surface area contributed by atoms with Crippen LogP contribution in [0.25, 0.3) is 10.9 Å². The molecule has 0 unspecified atom stereocenters. The van der Waals surface area contributed by atoms with E-state index in [0.717, 1.165) is 37.0 Å². The van der Waals surface area contributed by atoms with Crippen LogP contribution in [-0.2, 0) is 6.54 Å². The van der Waals surface area contributed by atoms with Crippen LogP contribution in [0.2, 0.25) is 0 Å². The smallest absolute Gasteiger partial charge is 0.194 e.